The van der Waals surface area contributed by atoms with Gasteiger partial charge >= 0.3 is 0 Å². The van der Waals surface area contributed by atoms with Crippen LogP contribution in [-0.4, -0.2) is 52.5 Å². The van der Waals surface area contributed by atoms with Crippen molar-refractivity contribution in [3.05, 3.63) is 35.4 Å². The standard InChI is InChI=1S/C18H29NO5/c1-14-7-9-15(10-8-14)16(20)19-13-18(23-5,24-6)12-11-17(2,21-3)22-4/h7-10H,11-13H2,1-6H3,(H,19,20). The zero-order valence-corrected chi connectivity index (χ0v) is 15.5. The number of carbonyl (C=O) groups excluding carboxylic acids is 1. The topological polar surface area (TPSA) is 66.0 Å². The first-order valence-corrected chi connectivity index (χ1v) is 7.89. The zero-order valence-electron chi connectivity index (χ0n) is 15.5. The Labute approximate surface area is 144 Å². The molecule has 0 aliphatic heterocycles. The van der Waals surface area contributed by atoms with Crippen LogP contribution in [-0.2, 0) is 18.9 Å². The lowest BCUT2D eigenvalue weighted by Crippen LogP contribution is -2.47. The summed E-state index contributed by atoms with van der Waals surface area (Å²) < 4.78 is 21.8. The number of amides is 1. The third-order valence-corrected chi connectivity index (χ3v) is 4.40. The molecule has 6 nitrogen and oxygen atoms in total. The second kappa shape index (κ2) is 9.13. The maximum absolute atomic E-state index is 12.3. The number of ether oxygens (including phenoxy) is 4. The van der Waals surface area contributed by atoms with Gasteiger partial charge in [0.2, 0.25) is 0 Å². The predicted molar refractivity (Wildman–Crippen MR) is 91.9 cm³/mol. The van der Waals surface area contributed by atoms with Crippen molar-refractivity contribution in [2.75, 3.05) is 35.0 Å². The van der Waals surface area contributed by atoms with E-state index < -0.39 is 11.6 Å². The fraction of sp³-hybridized carbons (Fsp3) is 0.611. The molecule has 0 heterocycles. The Morgan fingerprint density at radius 3 is 1.96 bits per heavy atom. The molecular weight excluding hydrogens is 310 g/mol. The molecule has 0 fully saturated rings. The molecule has 1 rings (SSSR count). The van der Waals surface area contributed by atoms with Crippen LogP contribution in [0.1, 0.15) is 35.7 Å². The van der Waals surface area contributed by atoms with Gasteiger partial charge in [-0.15, -0.1) is 0 Å². The number of methoxy groups -OCH3 is 4. The minimum absolute atomic E-state index is 0.172. The Balaban J connectivity index is 2.70. The molecule has 1 amide bonds. The minimum Gasteiger partial charge on any atom is -0.353 e. The second-order valence-corrected chi connectivity index (χ2v) is 5.91. The van der Waals surface area contributed by atoms with Crippen LogP contribution in [0.15, 0.2) is 24.3 Å². The molecule has 0 radical (unpaired) electrons. The average Bonchev–Trinajstić information content (AvgIpc) is 2.62. The second-order valence-electron chi connectivity index (χ2n) is 5.91. The fourth-order valence-corrected chi connectivity index (χ4v) is 2.25. The van der Waals surface area contributed by atoms with Gasteiger partial charge < -0.3 is 24.3 Å². The van der Waals surface area contributed by atoms with Crippen molar-refractivity contribution < 1.29 is 23.7 Å². The molecule has 0 atom stereocenters. The largest absolute Gasteiger partial charge is 0.353 e. The van der Waals surface area contributed by atoms with Crippen molar-refractivity contribution in [3.8, 4) is 0 Å². The van der Waals surface area contributed by atoms with Crippen molar-refractivity contribution in [1.29, 1.82) is 0 Å². The number of hydrogen-bond donors (Lipinski definition) is 1. The van der Waals surface area contributed by atoms with Gasteiger partial charge in [-0.1, -0.05) is 17.7 Å². The first-order valence-electron chi connectivity index (χ1n) is 7.89. The lowest BCUT2D eigenvalue weighted by Gasteiger charge is -2.35. The highest BCUT2D eigenvalue weighted by atomic mass is 16.7. The molecule has 136 valence electrons. The third-order valence-electron chi connectivity index (χ3n) is 4.40. The molecule has 0 saturated carbocycles. The summed E-state index contributed by atoms with van der Waals surface area (Å²) in [6, 6.07) is 7.38. The number of aryl methyl sites for hydroxylation is 1. The van der Waals surface area contributed by atoms with Gasteiger partial charge in [0.25, 0.3) is 5.91 Å². The summed E-state index contributed by atoms with van der Waals surface area (Å²) in [6.45, 7) is 4.04. The van der Waals surface area contributed by atoms with Crippen LogP contribution in [0.2, 0.25) is 0 Å². The smallest absolute Gasteiger partial charge is 0.251 e. The van der Waals surface area contributed by atoms with Crippen LogP contribution in [0.4, 0.5) is 0 Å². The van der Waals surface area contributed by atoms with E-state index in [2.05, 4.69) is 5.32 Å². The number of carbonyl (C=O) groups is 1. The molecule has 0 aliphatic carbocycles. The van der Waals surface area contributed by atoms with Crippen molar-refractivity contribution in [1.82, 2.24) is 5.32 Å². The Morgan fingerprint density at radius 1 is 0.958 bits per heavy atom. The van der Waals surface area contributed by atoms with Gasteiger partial charge in [0.05, 0.1) is 6.54 Å². The maximum Gasteiger partial charge on any atom is 0.251 e. The van der Waals surface area contributed by atoms with E-state index in [9.17, 15) is 4.79 Å². The van der Waals surface area contributed by atoms with E-state index in [0.717, 1.165) is 5.56 Å². The van der Waals surface area contributed by atoms with E-state index in [1.165, 1.54) is 0 Å². The zero-order chi connectivity index (χ0) is 18.2. The highest BCUT2D eigenvalue weighted by Crippen LogP contribution is 2.25. The molecule has 0 aliphatic rings. The molecule has 0 spiro atoms. The molecular formula is C18H29NO5. The normalized spacial score (nSPS) is 12.2. The van der Waals surface area contributed by atoms with E-state index in [1.807, 2.05) is 26.0 Å². The van der Waals surface area contributed by atoms with Crippen LogP contribution in [0.3, 0.4) is 0 Å². The molecule has 1 N–H and O–H groups in total. The number of hydrogen-bond acceptors (Lipinski definition) is 5. The summed E-state index contributed by atoms with van der Waals surface area (Å²) in [4.78, 5) is 12.3. The molecule has 0 aromatic heterocycles. The van der Waals surface area contributed by atoms with Gasteiger partial charge in [0.15, 0.2) is 11.6 Å². The first-order chi connectivity index (χ1) is 11.3. The van der Waals surface area contributed by atoms with E-state index >= 15 is 0 Å². The van der Waals surface area contributed by atoms with Gasteiger partial charge in [0.1, 0.15) is 0 Å². The van der Waals surface area contributed by atoms with Gasteiger partial charge in [-0.25, -0.2) is 0 Å². The van der Waals surface area contributed by atoms with E-state index in [-0.39, 0.29) is 12.5 Å². The first kappa shape index (κ1) is 20.6. The van der Waals surface area contributed by atoms with Crippen molar-refractivity contribution >= 4 is 5.91 Å². The van der Waals surface area contributed by atoms with E-state index in [1.54, 1.807) is 40.6 Å². The Morgan fingerprint density at radius 2 is 1.50 bits per heavy atom. The highest BCUT2D eigenvalue weighted by Gasteiger charge is 2.34. The minimum atomic E-state index is -0.946. The Kier molecular flexibility index (Phi) is 7.83. The summed E-state index contributed by atoms with van der Waals surface area (Å²) in [5.41, 5.74) is 1.70. The van der Waals surface area contributed by atoms with Gasteiger partial charge in [-0.3, -0.25) is 4.79 Å². The van der Waals surface area contributed by atoms with Crippen molar-refractivity contribution in [2.45, 2.75) is 38.3 Å². The summed E-state index contributed by atoms with van der Waals surface area (Å²) >= 11 is 0. The van der Waals surface area contributed by atoms with E-state index in [0.29, 0.717) is 18.4 Å². The molecule has 1 aromatic rings. The predicted octanol–water partition coefficient (Wildman–Crippen LogP) is 2.50. The highest BCUT2D eigenvalue weighted by molar-refractivity contribution is 5.94. The average molecular weight is 339 g/mol. The molecule has 0 unspecified atom stereocenters. The van der Waals surface area contributed by atoms with Gasteiger partial charge in [-0.2, -0.15) is 0 Å². The molecule has 24 heavy (non-hydrogen) atoms. The van der Waals surface area contributed by atoms with Crippen molar-refractivity contribution in [2.24, 2.45) is 0 Å². The Bertz CT molecular complexity index is 507. The Hall–Kier alpha value is -1.47. The number of rotatable bonds is 10. The lowest BCUT2D eigenvalue weighted by atomic mass is 10.0. The molecule has 0 bridgehead atoms. The number of benzene rings is 1. The van der Waals surface area contributed by atoms with Gasteiger partial charge in [0, 0.05) is 46.8 Å². The van der Waals surface area contributed by atoms with Gasteiger partial charge in [-0.05, 0) is 26.0 Å². The van der Waals surface area contributed by atoms with Crippen LogP contribution < -0.4 is 5.32 Å². The summed E-state index contributed by atoms with van der Waals surface area (Å²) in [7, 11) is 6.28. The summed E-state index contributed by atoms with van der Waals surface area (Å²) in [5, 5.41) is 2.86. The van der Waals surface area contributed by atoms with Crippen LogP contribution in [0.25, 0.3) is 0 Å². The number of nitrogens with one attached hydrogen (secondary N) is 1. The lowest BCUT2D eigenvalue weighted by molar-refractivity contribution is -0.239. The SMILES string of the molecule is COC(C)(CCC(CNC(=O)c1ccc(C)cc1)(OC)OC)OC. The quantitative estimate of drug-likeness (QED) is 0.664. The van der Waals surface area contributed by atoms with Crippen molar-refractivity contribution in [3.63, 3.8) is 0 Å². The fourth-order valence-electron chi connectivity index (χ4n) is 2.25. The third kappa shape index (κ3) is 5.56. The van der Waals surface area contributed by atoms with E-state index in [4.69, 9.17) is 18.9 Å². The molecule has 6 heteroatoms. The van der Waals surface area contributed by atoms with Crippen LogP contribution in [0, 0.1) is 6.92 Å². The molecule has 1 aromatic carbocycles. The maximum atomic E-state index is 12.3. The van der Waals surface area contributed by atoms with Crippen LogP contribution >= 0.6 is 0 Å². The summed E-state index contributed by atoms with van der Waals surface area (Å²) in [5.74, 6) is -1.85. The summed E-state index contributed by atoms with van der Waals surface area (Å²) in [6.07, 6.45) is 1.04. The van der Waals surface area contributed by atoms with Crippen LogP contribution in [0.5, 0.6) is 0 Å². The molecule has 0 saturated heterocycles. The monoisotopic (exact) mass is 339 g/mol.